The van der Waals surface area contributed by atoms with Crippen LogP contribution in [0.15, 0.2) is 11.0 Å². The van der Waals surface area contributed by atoms with Gasteiger partial charge in [-0.05, 0) is 17.2 Å². The zero-order chi connectivity index (χ0) is 6.85. The second-order valence-electron chi connectivity index (χ2n) is 3.01. The molecule has 1 heterocycles. The van der Waals surface area contributed by atoms with Gasteiger partial charge in [-0.15, -0.1) is 11.8 Å². The fourth-order valence-corrected chi connectivity index (χ4v) is 2.48. The van der Waals surface area contributed by atoms with E-state index in [2.05, 4.69) is 26.2 Å². The molecule has 1 rings (SSSR count). The van der Waals surface area contributed by atoms with E-state index in [0.717, 1.165) is 11.8 Å². The second-order valence-corrected chi connectivity index (χ2v) is 3.91. The molecule has 0 aromatic carbocycles. The van der Waals surface area contributed by atoms with Gasteiger partial charge in [0.2, 0.25) is 0 Å². The Hall–Kier alpha value is 0.0900. The van der Waals surface area contributed by atoms with Crippen LogP contribution in [0, 0.1) is 11.8 Å². The Morgan fingerprint density at radius 1 is 1.67 bits per heavy atom. The fourth-order valence-electron chi connectivity index (χ4n) is 1.21. The first-order valence-corrected chi connectivity index (χ1v) is 4.58. The first-order chi connectivity index (χ1) is 4.22. The van der Waals surface area contributed by atoms with Crippen molar-refractivity contribution in [2.24, 2.45) is 11.8 Å². The van der Waals surface area contributed by atoms with Crippen LogP contribution in [0.25, 0.3) is 0 Å². The molecule has 1 aliphatic heterocycles. The van der Waals surface area contributed by atoms with Crippen molar-refractivity contribution in [1.82, 2.24) is 0 Å². The third-order valence-corrected chi connectivity index (χ3v) is 2.93. The average Bonchev–Trinajstić information content (AvgIpc) is 2.13. The molecular weight excluding hydrogens is 128 g/mol. The van der Waals surface area contributed by atoms with Crippen molar-refractivity contribution in [1.29, 1.82) is 0 Å². The van der Waals surface area contributed by atoms with E-state index in [0.29, 0.717) is 0 Å². The Morgan fingerprint density at radius 3 is 2.56 bits per heavy atom. The summed E-state index contributed by atoms with van der Waals surface area (Å²) >= 11 is 1.96. The summed E-state index contributed by atoms with van der Waals surface area (Å²) in [5.74, 6) is 2.89. The van der Waals surface area contributed by atoms with Gasteiger partial charge in [0.25, 0.3) is 0 Å². The molecule has 0 spiro atoms. The average molecular weight is 142 g/mol. The number of allylic oxidation sites excluding steroid dienone is 1. The Bertz CT molecular complexity index is 125. The summed E-state index contributed by atoms with van der Waals surface area (Å²) in [6.07, 6.45) is 0. The SMILES string of the molecule is CC(C)C1=CSCC1C. The lowest BCUT2D eigenvalue weighted by molar-refractivity contribution is 0.643. The molecule has 1 atom stereocenters. The summed E-state index contributed by atoms with van der Waals surface area (Å²) in [5.41, 5.74) is 1.64. The van der Waals surface area contributed by atoms with Crippen molar-refractivity contribution in [2.45, 2.75) is 20.8 Å². The van der Waals surface area contributed by atoms with E-state index in [1.165, 1.54) is 5.75 Å². The predicted octanol–water partition coefficient (Wildman–Crippen LogP) is 2.91. The van der Waals surface area contributed by atoms with Crippen LogP contribution in [0.3, 0.4) is 0 Å². The van der Waals surface area contributed by atoms with Crippen molar-refractivity contribution in [3.63, 3.8) is 0 Å². The molecule has 0 radical (unpaired) electrons. The molecule has 1 aliphatic rings. The molecule has 0 N–H and O–H groups in total. The van der Waals surface area contributed by atoms with Gasteiger partial charge in [-0.1, -0.05) is 26.3 Å². The highest BCUT2D eigenvalue weighted by molar-refractivity contribution is 8.02. The van der Waals surface area contributed by atoms with E-state index in [4.69, 9.17) is 0 Å². The minimum atomic E-state index is 0.759. The van der Waals surface area contributed by atoms with Crippen molar-refractivity contribution in [3.05, 3.63) is 11.0 Å². The monoisotopic (exact) mass is 142 g/mol. The van der Waals surface area contributed by atoms with E-state index in [1.54, 1.807) is 5.57 Å². The maximum atomic E-state index is 2.33. The summed E-state index contributed by atoms with van der Waals surface area (Å²) in [5, 5.41) is 2.33. The lowest BCUT2D eigenvalue weighted by Crippen LogP contribution is -2.02. The van der Waals surface area contributed by atoms with Gasteiger partial charge >= 0.3 is 0 Å². The van der Waals surface area contributed by atoms with Gasteiger partial charge in [0, 0.05) is 5.75 Å². The van der Waals surface area contributed by atoms with Gasteiger partial charge in [0.15, 0.2) is 0 Å². The molecule has 0 amide bonds. The molecule has 1 heteroatoms. The molecule has 52 valence electrons. The first kappa shape index (κ1) is 7.20. The van der Waals surface area contributed by atoms with Crippen LogP contribution in [0.5, 0.6) is 0 Å². The number of hydrogen-bond donors (Lipinski definition) is 0. The van der Waals surface area contributed by atoms with Crippen LogP contribution in [0.2, 0.25) is 0 Å². The summed E-state index contributed by atoms with van der Waals surface area (Å²) in [6, 6.07) is 0. The van der Waals surface area contributed by atoms with Gasteiger partial charge in [-0.2, -0.15) is 0 Å². The van der Waals surface area contributed by atoms with Crippen LogP contribution < -0.4 is 0 Å². The molecule has 0 nitrogen and oxygen atoms in total. The smallest absolute Gasteiger partial charge is 0.00375 e. The molecule has 0 fully saturated rings. The van der Waals surface area contributed by atoms with Crippen molar-refractivity contribution < 1.29 is 0 Å². The Balaban J connectivity index is 2.57. The highest BCUT2D eigenvalue weighted by Gasteiger charge is 2.16. The third kappa shape index (κ3) is 1.51. The van der Waals surface area contributed by atoms with E-state index < -0.39 is 0 Å². The topological polar surface area (TPSA) is 0 Å². The zero-order valence-corrected chi connectivity index (χ0v) is 7.16. The second kappa shape index (κ2) is 2.78. The van der Waals surface area contributed by atoms with Gasteiger partial charge in [-0.3, -0.25) is 0 Å². The third-order valence-electron chi connectivity index (χ3n) is 1.80. The normalized spacial score (nSPS) is 27.1. The molecule has 9 heavy (non-hydrogen) atoms. The quantitative estimate of drug-likeness (QED) is 0.542. The molecule has 0 saturated carbocycles. The number of hydrogen-bond acceptors (Lipinski definition) is 1. The highest BCUT2D eigenvalue weighted by Crippen LogP contribution is 2.32. The molecule has 1 unspecified atom stereocenters. The van der Waals surface area contributed by atoms with E-state index >= 15 is 0 Å². The van der Waals surface area contributed by atoms with Gasteiger partial charge in [-0.25, -0.2) is 0 Å². The van der Waals surface area contributed by atoms with E-state index in [9.17, 15) is 0 Å². The van der Waals surface area contributed by atoms with Crippen LogP contribution in [-0.4, -0.2) is 5.75 Å². The van der Waals surface area contributed by atoms with Crippen LogP contribution in [0.4, 0.5) is 0 Å². The molecular formula is C8H14S. The molecule has 0 aliphatic carbocycles. The summed E-state index contributed by atoms with van der Waals surface area (Å²) < 4.78 is 0. The lowest BCUT2D eigenvalue weighted by Gasteiger charge is -2.10. The van der Waals surface area contributed by atoms with Crippen LogP contribution in [0.1, 0.15) is 20.8 Å². The van der Waals surface area contributed by atoms with Crippen LogP contribution in [-0.2, 0) is 0 Å². The predicted molar refractivity (Wildman–Crippen MR) is 44.5 cm³/mol. The first-order valence-electron chi connectivity index (χ1n) is 3.53. The minimum Gasteiger partial charge on any atom is -0.134 e. The van der Waals surface area contributed by atoms with Crippen molar-refractivity contribution in [3.8, 4) is 0 Å². The largest absolute Gasteiger partial charge is 0.134 e. The Kier molecular flexibility index (Phi) is 2.23. The molecule has 0 aromatic rings. The van der Waals surface area contributed by atoms with E-state index in [1.807, 2.05) is 11.8 Å². The molecule has 0 saturated heterocycles. The van der Waals surface area contributed by atoms with E-state index in [-0.39, 0.29) is 0 Å². The molecule has 0 bridgehead atoms. The summed E-state index contributed by atoms with van der Waals surface area (Å²) in [4.78, 5) is 0. The van der Waals surface area contributed by atoms with Crippen LogP contribution >= 0.6 is 11.8 Å². The standard InChI is InChI=1S/C8H14S/c1-6(2)8-5-9-4-7(8)3/h5-7H,4H2,1-3H3. The van der Waals surface area contributed by atoms with Gasteiger partial charge < -0.3 is 0 Å². The Labute approximate surface area is 61.7 Å². The number of rotatable bonds is 1. The minimum absolute atomic E-state index is 0.759. The number of thioether (sulfide) groups is 1. The van der Waals surface area contributed by atoms with Gasteiger partial charge in [0.1, 0.15) is 0 Å². The maximum absolute atomic E-state index is 2.33. The van der Waals surface area contributed by atoms with Crippen molar-refractivity contribution in [2.75, 3.05) is 5.75 Å². The van der Waals surface area contributed by atoms with Gasteiger partial charge in [0.05, 0.1) is 0 Å². The zero-order valence-electron chi connectivity index (χ0n) is 6.35. The summed E-state index contributed by atoms with van der Waals surface area (Å²) in [7, 11) is 0. The summed E-state index contributed by atoms with van der Waals surface area (Å²) in [6.45, 7) is 6.86. The fraction of sp³-hybridized carbons (Fsp3) is 0.750. The maximum Gasteiger partial charge on any atom is 0.00375 e. The highest BCUT2D eigenvalue weighted by atomic mass is 32.2. The lowest BCUT2D eigenvalue weighted by atomic mass is 9.95. The molecule has 0 aromatic heterocycles. The van der Waals surface area contributed by atoms with Crippen molar-refractivity contribution >= 4 is 11.8 Å². The Morgan fingerprint density at radius 2 is 2.33 bits per heavy atom.